The number of hydrogen-bond donors (Lipinski definition) is 1. The predicted molar refractivity (Wildman–Crippen MR) is 100 cm³/mol. The van der Waals surface area contributed by atoms with Crippen molar-refractivity contribution in [2.24, 2.45) is 0 Å². The number of nitrogens with one attached hydrogen (secondary N) is 1. The number of aromatic nitrogens is 2. The molecule has 8 heteroatoms. The third kappa shape index (κ3) is 5.67. The van der Waals surface area contributed by atoms with Crippen LogP contribution in [0, 0.1) is 6.92 Å². The molecule has 2 rings (SSSR count). The van der Waals surface area contributed by atoms with Gasteiger partial charge in [-0.25, -0.2) is 9.48 Å². The van der Waals surface area contributed by atoms with Gasteiger partial charge in [-0.2, -0.15) is 5.10 Å². The number of rotatable bonds is 8. The van der Waals surface area contributed by atoms with Gasteiger partial charge in [0.05, 0.1) is 7.11 Å². The first-order valence-corrected chi connectivity index (χ1v) is 8.64. The van der Waals surface area contributed by atoms with Gasteiger partial charge in [-0.15, -0.1) is 0 Å². The Balaban J connectivity index is 2.09. The summed E-state index contributed by atoms with van der Waals surface area (Å²) in [7, 11) is 1.29. The molecule has 0 aliphatic carbocycles. The van der Waals surface area contributed by atoms with Crippen molar-refractivity contribution in [2.75, 3.05) is 19.0 Å². The van der Waals surface area contributed by atoms with Crippen LogP contribution < -0.4 is 15.6 Å². The molecule has 0 aliphatic heterocycles. The number of methoxy groups -OCH3 is 1. The fourth-order valence-corrected chi connectivity index (χ4v) is 2.29. The highest BCUT2D eigenvalue weighted by Crippen LogP contribution is 2.21. The van der Waals surface area contributed by atoms with Gasteiger partial charge >= 0.3 is 5.97 Å². The number of ether oxygens (including phenoxy) is 2. The summed E-state index contributed by atoms with van der Waals surface area (Å²) in [6.07, 6.45) is 1.73. The Morgan fingerprint density at radius 3 is 2.67 bits per heavy atom. The molecule has 1 amide bonds. The van der Waals surface area contributed by atoms with E-state index in [0.717, 1.165) is 18.4 Å². The molecule has 0 aliphatic rings. The zero-order chi connectivity index (χ0) is 19.8. The second-order valence-corrected chi connectivity index (χ2v) is 5.93. The van der Waals surface area contributed by atoms with Crippen LogP contribution in [0.1, 0.15) is 35.8 Å². The normalized spacial score (nSPS) is 10.3. The van der Waals surface area contributed by atoms with E-state index in [0.29, 0.717) is 18.0 Å². The average Bonchev–Trinajstić information content (AvgIpc) is 2.67. The van der Waals surface area contributed by atoms with Crippen molar-refractivity contribution in [1.29, 1.82) is 0 Å². The number of aryl methyl sites for hydroxylation is 2. The Morgan fingerprint density at radius 1 is 1.22 bits per heavy atom. The van der Waals surface area contributed by atoms with Gasteiger partial charge in [0.2, 0.25) is 0 Å². The SMILES string of the molecule is CCCCn1nc(C(=O)Nc2ccc(OCC(=O)OC)cc2C)ccc1=O. The number of amides is 1. The molecule has 1 heterocycles. The number of carbonyl (C=O) groups is 2. The van der Waals surface area contributed by atoms with Crippen LogP contribution >= 0.6 is 0 Å². The van der Waals surface area contributed by atoms with Crippen molar-refractivity contribution in [3.63, 3.8) is 0 Å². The Bertz CT molecular complexity index is 876. The minimum Gasteiger partial charge on any atom is -0.482 e. The van der Waals surface area contributed by atoms with Crippen molar-refractivity contribution in [2.45, 2.75) is 33.2 Å². The van der Waals surface area contributed by atoms with E-state index in [1.54, 1.807) is 25.1 Å². The molecule has 1 aromatic carbocycles. The van der Waals surface area contributed by atoms with Gasteiger partial charge in [-0.05, 0) is 43.2 Å². The lowest BCUT2D eigenvalue weighted by atomic mass is 10.2. The van der Waals surface area contributed by atoms with Crippen molar-refractivity contribution in [3.05, 3.63) is 51.9 Å². The van der Waals surface area contributed by atoms with E-state index in [9.17, 15) is 14.4 Å². The topological polar surface area (TPSA) is 99.5 Å². The molecule has 0 radical (unpaired) electrons. The molecule has 0 spiro atoms. The number of anilines is 1. The maximum absolute atomic E-state index is 12.5. The molecule has 0 atom stereocenters. The lowest BCUT2D eigenvalue weighted by Gasteiger charge is -2.11. The predicted octanol–water partition coefficient (Wildman–Crippen LogP) is 2.16. The summed E-state index contributed by atoms with van der Waals surface area (Å²) in [5, 5.41) is 6.90. The van der Waals surface area contributed by atoms with E-state index in [-0.39, 0.29) is 17.9 Å². The highest BCUT2D eigenvalue weighted by Gasteiger charge is 2.12. The largest absolute Gasteiger partial charge is 0.482 e. The van der Waals surface area contributed by atoms with Gasteiger partial charge in [-0.1, -0.05) is 13.3 Å². The Labute approximate surface area is 157 Å². The Morgan fingerprint density at radius 2 is 2.00 bits per heavy atom. The summed E-state index contributed by atoms with van der Waals surface area (Å²) in [4.78, 5) is 35.4. The summed E-state index contributed by atoms with van der Waals surface area (Å²) in [5.74, 6) is -0.400. The lowest BCUT2D eigenvalue weighted by Crippen LogP contribution is -2.26. The standard InChI is InChI=1S/C19H23N3O5/c1-4-5-10-22-17(23)9-8-16(21-22)19(25)20-15-7-6-14(11-13(15)2)27-12-18(24)26-3/h6-9,11H,4-5,10,12H2,1-3H3,(H,20,25). The zero-order valence-electron chi connectivity index (χ0n) is 15.7. The number of nitrogens with zero attached hydrogens (tertiary/aromatic N) is 2. The molecule has 0 saturated heterocycles. The molecule has 1 N–H and O–H groups in total. The summed E-state index contributed by atoms with van der Waals surface area (Å²) in [6.45, 7) is 4.10. The highest BCUT2D eigenvalue weighted by atomic mass is 16.6. The van der Waals surface area contributed by atoms with E-state index in [1.165, 1.54) is 23.9 Å². The van der Waals surface area contributed by atoms with Crippen LogP contribution in [0.4, 0.5) is 5.69 Å². The third-order valence-corrected chi connectivity index (χ3v) is 3.85. The fourth-order valence-electron chi connectivity index (χ4n) is 2.29. The van der Waals surface area contributed by atoms with E-state index in [4.69, 9.17) is 4.74 Å². The maximum atomic E-state index is 12.5. The molecular weight excluding hydrogens is 350 g/mol. The van der Waals surface area contributed by atoms with Crippen LogP contribution in [0.25, 0.3) is 0 Å². The molecule has 144 valence electrons. The summed E-state index contributed by atoms with van der Waals surface area (Å²) in [5.41, 5.74) is 1.27. The molecule has 27 heavy (non-hydrogen) atoms. The molecule has 0 fully saturated rings. The molecule has 2 aromatic rings. The summed E-state index contributed by atoms with van der Waals surface area (Å²) < 4.78 is 11.1. The van der Waals surface area contributed by atoms with Crippen LogP contribution in [-0.2, 0) is 16.1 Å². The number of benzene rings is 1. The van der Waals surface area contributed by atoms with Crippen LogP contribution in [0.5, 0.6) is 5.75 Å². The van der Waals surface area contributed by atoms with E-state index in [1.807, 2.05) is 6.92 Å². The fraction of sp³-hybridized carbons (Fsp3) is 0.368. The minimum absolute atomic E-state index is 0.163. The van der Waals surface area contributed by atoms with E-state index < -0.39 is 11.9 Å². The first-order chi connectivity index (χ1) is 12.9. The first kappa shape index (κ1) is 20.2. The van der Waals surface area contributed by atoms with Crippen molar-refractivity contribution in [3.8, 4) is 5.75 Å². The van der Waals surface area contributed by atoms with Gasteiger partial charge < -0.3 is 14.8 Å². The second kappa shape index (κ2) is 9.51. The molecule has 0 unspecified atom stereocenters. The van der Waals surface area contributed by atoms with Crippen LogP contribution in [0.3, 0.4) is 0 Å². The number of unbranched alkanes of at least 4 members (excludes halogenated alkanes) is 1. The van der Waals surface area contributed by atoms with Crippen LogP contribution in [0.2, 0.25) is 0 Å². The summed E-state index contributed by atoms with van der Waals surface area (Å²) in [6, 6.07) is 7.76. The average molecular weight is 373 g/mol. The van der Waals surface area contributed by atoms with Gasteiger partial charge in [0, 0.05) is 18.3 Å². The van der Waals surface area contributed by atoms with Gasteiger partial charge in [0.15, 0.2) is 6.61 Å². The molecule has 0 saturated carbocycles. The van der Waals surface area contributed by atoms with Crippen molar-refractivity contribution >= 4 is 17.6 Å². The maximum Gasteiger partial charge on any atom is 0.343 e. The number of esters is 1. The number of carbonyl (C=O) groups excluding carboxylic acids is 2. The van der Waals surface area contributed by atoms with Crippen molar-refractivity contribution < 1.29 is 19.1 Å². The minimum atomic E-state index is -0.477. The van der Waals surface area contributed by atoms with Gasteiger partial charge in [0.1, 0.15) is 11.4 Å². The van der Waals surface area contributed by atoms with E-state index in [2.05, 4.69) is 15.2 Å². The van der Waals surface area contributed by atoms with Crippen LogP contribution in [-0.4, -0.2) is 35.4 Å². The monoisotopic (exact) mass is 373 g/mol. The lowest BCUT2D eigenvalue weighted by molar-refractivity contribution is -0.142. The Kier molecular flexibility index (Phi) is 7.10. The third-order valence-electron chi connectivity index (χ3n) is 3.85. The Hall–Kier alpha value is -3.16. The van der Waals surface area contributed by atoms with Gasteiger partial charge in [0.25, 0.3) is 11.5 Å². The number of hydrogen-bond acceptors (Lipinski definition) is 6. The van der Waals surface area contributed by atoms with E-state index >= 15 is 0 Å². The molecular formula is C19H23N3O5. The highest BCUT2D eigenvalue weighted by molar-refractivity contribution is 6.03. The second-order valence-electron chi connectivity index (χ2n) is 5.93. The molecule has 8 nitrogen and oxygen atoms in total. The molecule has 1 aromatic heterocycles. The quantitative estimate of drug-likeness (QED) is 0.712. The van der Waals surface area contributed by atoms with Crippen molar-refractivity contribution in [1.82, 2.24) is 9.78 Å². The first-order valence-electron chi connectivity index (χ1n) is 8.64. The van der Waals surface area contributed by atoms with Crippen LogP contribution in [0.15, 0.2) is 35.1 Å². The molecule has 0 bridgehead atoms. The summed E-state index contributed by atoms with van der Waals surface area (Å²) >= 11 is 0. The van der Waals surface area contributed by atoms with Gasteiger partial charge in [-0.3, -0.25) is 9.59 Å². The zero-order valence-corrected chi connectivity index (χ0v) is 15.7. The smallest absolute Gasteiger partial charge is 0.343 e.